The monoisotopic (exact) mass is 215 g/mol. The zero-order valence-electron chi connectivity index (χ0n) is 8.21. The number of carbonyl (C=O) groups is 1. The molecule has 1 rings (SSSR count). The Balaban J connectivity index is 2.73. The van der Waals surface area contributed by atoms with Gasteiger partial charge in [0.25, 0.3) is 0 Å². The van der Waals surface area contributed by atoms with Crippen molar-refractivity contribution in [2.24, 2.45) is 5.73 Å². The number of nitrogens with two attached hydrogens (primary N) is 1. The Morgan fingerprint density at radius 3 is 2.80 bits per heavy atom. The summed E-state index contributed by atoms with van der Waals surface area (Å²) in [6.45, 7) is 0.249. The number of primary amides is 1. The minimum absolute atomic E-state index is 0.0772. The van der Waals surface area contributed by atoms with E-state index in [1.54, 1.807) is 6.07 Å². The zero-order valence-corrected chi connectivity index (χ0v) is 8.21. The van der Waals surface area contributed by atoms with Gasteiger partial charge in [0.1, 0.15) is 24.2 Å². The lowest BCUT2D eigenvalue weighted by molar-refractivity contribution is -0.132. The molecule has 1 amide bonds. The van der Waals surface area contributed by atoms with Crippen molar-refractivity contribution in [3.05, 3.63) is 23.7 Å². The lowest BCUT2D eigenvalue weighted by Gasteiger charge is -2.11. The molecule has 1 aromatic heterocycles. The van der Waals surface area contributed by atoms with Crippen molar-refractivity contribution in [1.82, 2.24) is 0 Å². The molecule has 0 bridgehead atoms. The number of rotatable bonds is 5. The third-order valence-electron chi connectivity index (χ3n) is 1.85. The Morgan fingerprint density at radius 1 is 1.60 bits per heavy atom. The van der Waals surface area contributed by atoms with Gasteiger partial charge in [0.05, 0.1) is 0 Å². The van der Waals surface area contributed by atoms with Crippen LogP contribution in [0.25, 0.3) is 0 Å². The van der Waals surface area contributed by atoms with Crippen molar-refractivity contribution >= 4 is 5.91 Å². The van der Waals surface area contributed by atoms with E-state index in [9.17, 15) is 15.0 Å². The van der Waals surface area contributed by atoms with Crippen LogP contribution in [0.15, 0.2) is 16.5 Å². The summed E-state index contributed by atoms with van der Waals surface area (Å²) in [7, 11) is 1.50. The zero-order chi connectivity index (χ0) is 11.4. The number of hydrogen-bond acceptors (Lipinski definition) is 5. The average molecular weight is 215 g/mol. The second-order valence-corrected chi connectivity index (χ2v) is 3.03. The maximum Gasteiger partial charge on any atom is 0.249 e. The minimum atomic E-state index is -1.67. The molecule has 0 aliphatic rings. The van der Waals surface area contributed by atoms with E-state index in [1.807, 2.05) is 0 Å². The van der Waals surface area contributed by atoms with Gasteiger partial charge in [0.15, 0.2) is 6.10 Å². The fraction of sp³-hybridized carbons (Fsp3) is 0.444. The Kier molecular flexibility index (Phi) is 3.84. The van der Waals surface area contributed by atoms with Gasteiger partial charge >= 0.3 is 0 Å². The summed E-state index contributed by atoms with van der Waals surface area (Å²) in [5, 5.41) is 18.6. The predicted octanol–water partition coefficient (Wildman–Crippen LogP) is -0.694. The molecule has 6 heteroatoms. The smallest absolute Gasteiger partial charge is 0.249 e. The molecule has 15 heavy (non-hydrogen) atoms. The standard InChI is InChI=1S/C9H13NO5/c1-14-4-5-2-3-6(15-5)7(11)8(12)9(10)13/h2-3,7-8,11-12H,4H2,1H3,(H2,10,13). The first-order valence-corrected chi connectivity index (χ1v) is 4.29. The van der Waals surface area contributed by atoms with Gasteiger partial charge in [-0.2, -0.15) is 0 Å². The van der Waals surface area contributed by atoms with Crippen LogP contribution in [0.2, 0.25) is 0 Å². The molecule has 84 valence electrons. The molecule has 0 aliphatic carbocycles. The number of hydrogen-bond donors (Lipinski definition) is 3. The molecule has 0 saturated heterocycles. The number of aliphatic hydroxyl groups excluding tert-OH is 2. The van der Waals surface area contributed by atoms with E-state index >= 15 is 0 Å². The lowest BCUT2D eigenvalue weighted by atomic mass is 10.1. The van der Waals surface area contributed by atoms with Gasteiger partial charge < -0.3 is 25.1 Å². The fourth-order valence-corrected chi connectivity index (χ4v) is 1.08. The van der Waals surface area contributed by atoms with Crippen LogP contribution < -0.4 is 5.73 Å². The van der Waals surface area contributed by atoms with Gasteiger partial charge in [0.2, 0.25) is 5.91 Å². The number of amides is 1. The Labute approximate surface area is 86.3 Å². The van der Waals surface area contributed by atoms with Gasteiger partial charge in [0, 0.05) is 7.11 Å². The highest BCUT2D eigenvalue weighted by molar-refractivity contribution is 5.79. The van der Waals surface area contributed by atoms with Gasteiger partial charge in [-0.3, -0.25) is 4.79 Å². The summed E-state index contributed by atoms with van der Waals surface area (Å²) < 4.78 is 9.91. The van der Waals surface area contributed by atoms with Gasteiger partial charge in [-0.25, -0.2) is 0 Å². The number of aliphatic hydroxyl groups is 2. The van der Waals surface area contributed by atoms with Crippen LogP contribution in [0.4, 0.5) is 0 Å². The van der Waals surface area contributed by atoms with E-state index in [2.05, 4.69) is 0 Å². The molecule has 2 atom stereocenters. The Morgan fingerprint density at radius 2 is 2.27 bits per heavy atom. The largest absolute Gasteiger partial charge is 0.461 e. The van der Waals surface area contributed by atoms with Crippen LogP contribution in [0.5, 0.6) is 0 Å². The highest BCUT2D eigenvalue weighted by atomic mass is 16.5. The lowest BCUT2D eigenvalue weighted by Crippen LogP contribution is -2.33. The van der Waals surface area contributed by atoms with E-state index in [4.69, 9.17) is 14.9 Å². The molecule has 0 spiro atoms. The minimum Gasteiger partial charge on any atom is -0.461 e. The van der Waals surface area contributed by atoms with Crippen molar-refractivity contribution in [3.63, 3.8) is 0 Å². The molecule has 2 unspecified atom stereocenters. The fourth-order valence-electron chi connectivity index (χ4n) is 1.08. The van der Waals surface area contributed by atoms with Crippen molar-refractivity contribution in [3.8, 4) is 0 Å². The number of carbonyl (C=O) groups excluding carboxylic acids is 1. The Bertz CT molecular complexity index is 335. The van der Waals surface area contributed by atoms with Gasteiger partial charge in [-0.1, -0.05) is 0 Å². The van der Waals surface area contributed by atoms with E-state index in [1.165, 1.54) is 13.2 Å². The number of methoxy groups -OCH3 is 1. The van der Waals surface area contributed by atoms with Crippen molar-refractivity contribution in [1.29, 1.82) is 0 Å². The summed E-state index contributed by atoms with van der Waals surface area (Å²) in [6, 6.07) is 3.03. The second kappa shape index (κ2) is 4.92. The molecule has 4 N–H and O–H groups in total. The van der Waals surface area contributed by atoms with Crippen LogP contribution in [-0.2, 0) is 16.1 Å². The summed E-state index contributed by atoms with van der Waals surface area (Å²) in [5.41, 5.74) is 4.82. The predicted molar refractivity (Wildman–Crippen MR) is 49.6 cm³/mol. The summed E-state index contributed by atoms with van der Waals surface area (Å²) in [6.07, 6.45) is -3.13. The average Bonchev–Trinajstić information content (AvgIpc) is 2.64. The van der Waals surface area contributed by atoms with Crippen LogP contribution in [0.1, 0.15) is 17.6 Å². The van der Waals surface area contributed by atoms with Crippen molar-refractivity contribution < 1.29 is 24.2 Å². The molecular weight excluding hydrogens is 202 g/mol. The maximum absolute atomic E-state index is 10.6. The van der Waals surface area contributed by atoms with Crippen molar-refractivity contribution in [2.45, 2.75) is 18.8 Å². The van der Waals surface area contributed by atoms with Crippen LogP contribution in [0.3, 0.4) is 0 Å². The second-order valence-electron chi connectivity index (χ2n) is 3.03. The topological polar surface area (TPSA) is 106 Å². The van der Waals surface area contributed by atoms with Crippen LogP contribution >= 0.6 is 0 Å². The normalized spacial score (nSPS) is 14.9. The summed E-state index contributed by atoms with van der Waals surface area (Å²) in [4.78, 5) is 10.6. The SMILES string of the molecule is COCc1ccc(C(O)C(O)C(N)=O)o1. The molecule has 0 aromatic carbocycles. The Hall–Kier alpha value is -1.37. The number of ether oxygens (including phenoxy) is 1. The first kappa shape index (κ1) is 11.7. The third kappa shape index (κ3) is 2.79. The van der Waals surface area contributed by atoms with Crippen LogP contribution in [0, 0.1) is 0 Å². The number of furan rings is 1. The molecule has 0 fully saturated rings. The third-order valence-corrected chi connectivity index (χ3v) is 1.85. The van der Waals surface area contributed by atoms with E-state index in [0.717, 1.165) is 0 Å². The highest BCUT2D eigenvalue weighted by Crippen LogP contribution is 2.20. The van der Waals surface area contributed by atoms with E-state index < -0.39 is 18.1 Å². The van der Waals surface area contributed by atoms with Crippen molar-refractivity contribution in [2.75, 3.05) is 7.11 Å². The van der Waals surface area contributed by atoms with Gasteiger partial charge in [-0.15, -0.1) is 0 Å². The summed E-state index contributed by atoms with van der Waals surface area (Å²) in [5.74, 6) is -0.441. The summed E-state index contributed by atoms with van der Waals surface area (Å²) >= 11 is 0. The molecule has 0 aliphatic heterocycles. The van der Waals surface area contributed by atoms with Crippen LogP contribution in [-0.4, -0.2) is 29.3 Å². The quantitative estimate of drug-likeness (QED) is 0.602. The molecule has 0 radical (unpaired) electrons. The van der Waals surface area contributed by atoms with E-state index in [-0.39, 0.29) is 12.4 Å². The molecule has 0 saturated carbocycles. The maximum atomic E-state index is 10.6. The highest BCUT2D eigenvalue weighted by Gasteiger charge is 2.26. The molecule has 1 aromatic rings. The first-order chi connectivity index (χ1) is 7.06. The first-order valence-electron chi connectivity index (χ1n) is 4.29. The van der Waals surface area contributed by atoms with Gasteiger partial charge in [-0.05, 0) is 12.1 Å². The molecular formula is C9H13NO5. The van der Waals surface area contributed by atoms with E-state index in [0.29, 0.717) is 5.76 Å². The molecule has 1 heterocycles. The molecule has 6 nitrogen and oxygen atoms in total.